The highest BCUT2D eigenvalue weighted by Gasteiger charge is 2.36. The third-order valence-electron chi connectivity index (χ3n) is 5.23. The molecule has 0 aliphatic heterocycles. The molecule has 6 heteroatoms. The van der Waals surface area contributed by atoms with Crippen LogP contribution in [0.15, 0.2) is 29.3 Å². The van der Waals surface area contributed by atoms with Gasteiger partial charge in [-0.05, 0) is 56.6 Å². The fourth-order valence-corrected chi connectivity index (χ4v) is 3.32. The van der Waals surface area contributed by atoms with E-state index in [0.717, 1.165) is 32.1 Å². The van der Waals surface area contributed by atoms with Crippen LogP contribution >= 0.6 is 24.0 Å². The van der Waals surface area contributed by atoms with Crippen LogP contribution in [0.2, 0.25) is 0 Å². The zero-order valence-corrected chi connectivity index (χ0v) is 20.5. The molecular weight excluding hydrogens is 465 g/mol. The Labute approximate surface area is 188 Å². The number of hydrogen-bond donors (Lipinski definition) is 2. The van der Waals surface area contributed by atoms with E-state index in [0.29, 0.717) is 12.0 Å². The maximum Gasteiger partial charge on any atom is 0.191 e. The third kappa shape index (κ3) is 8.66. The van der Waals surface area contributed by atoms with Gasteiger partial charge in [0.05, 0.1) is 12.2 Å². The number of nitrogens with zero attached hydrogens (tertiary/aromatic N) is 1. The molecule has 1 aliphatic carbocycles. The highest BCUT2D eigenvalue weighted by molar-refractivity contribution is 14.0. The number of aliphatic imine (C=N–C) groups is 1. The molecule has 0 amide bonds. The number of hydrogen-bond acceptors (Lipinski definition) is 3. The van der Waals surface area contributed by atoms with Gasteiger partial charge in [-0.1, -0.05) is 30.7 Å². The summed E-state index contributed by atoms with van der Waals surface area (Å²) in [7, 11) is 3.60. The van der Waals surface area contributed by atoms with Gasteiger partial charge in [0.1, 0.15) is 0 Å². The molecule has 1 aromatic carbocycles. The minimum absolute atomic E-state index is 0. The lowest BCUT2D eigenvalue weighted by Gasteiger charge is -2.42. The summed E-state index contributed by atoms with van der Waals surface area (Å²) < 4.78 is 11.2. The van der Waals surface area contributed by atoms with E-state index >= 15 is 0 Å². The maximum absolute atomic E-state index is 5.88. The van der Waals surface area contributed by atoms with Gasteiger partial charge in [0.2, 0.25) is 0 Å². The Hall–Kier alpha value is -0.860. The fraction of sp³-hybridized carbons (Fsp3) is 0.682. The molecule has 1 saturated carbocycles. The first-order chi connectivity index (χ1) is 12.9. The summed E-state index contributed by atoms with van der Waals surface area (Å²) in [5.74, 6) is 0.857. The Morgan fingerprint density at radius 3 is 2.46 bits per heavy atom. The molecular formula is C22H38IN3O2. The first-order valence-electron chi connectivity index (χ1n) is 10.0. The summed E-state index contributed by atoms with van der Waals surface area (Å²) in [5.41, 5.74) is 2.67. The topological polar surface area (TPSA) is 54.9 Å². The summed E-state index contributed by atoms with van der Waals surface area (Å²) in [6, 6.07) is 8.52. The van der Waals surface area contributed by atoms with Crippen molar-refractivity contribution in [3.05, 3.63) is 35.4 Å². The van der Waals surface area contributed by atoms with Gasteiger partial charge in [0.15, 0.2) is 5.96 Å². The fourth-order valence-electron chi connectivity index (χ4n) is 3.32. The van der Waals surface area contributed by atoms with E-state index in [4.69, 9.17) is 9.47 Å². The van der Waals surface area contributed by atoms with Crippen LogP contribution in [0.4, 0.5) is 0 Å². The molecule has 1 aromatic rings. The van der Waals surface area contributed by atoms with Crippen molar-refractivity contribution in [2.75, 3.05) is 27.3 Å². The van der Waals surface area contributed by atoms with E-state index in [1.807, 2.05) is 7.05 Å². The first kappa shape index (κ1) is 25.2. The zero-order chi connectivity index (χ0) is 19.8. The number of nitrogens with one attached hydrogen (secondary N) is 2. The van der Waals surface area contributed by atoms with Crippen molar-refractivity contribution < 1.29 is 9.47 Å². The predicted molar refractivity (Wildman–Crippen MR) is 127 cm³/mol. The maximum atomic E-state index is 5.88. The minimum Gasteiger partial charge on any atom is -0.385 e. The number of benzene rings is 1. The van der Waals surface area contributed by atoms with Crippen LogP contribution in [0.1, 0.15) is 57.6 Å². The molecule has 1 aliphatic rings. The molecule has 2 N–H and O–H groups in total. The summed E-state index contributed by atoms with van der Waals surface area (Å²) in [6.07, 6.45) is 4.98. The summed E-state index contributed by atoms with van der Waals surface area (Å²) in [4.78, 5) is 4.37. The highest BCUT2D eigenvalue weighted by atomic mass is 127. The number of guanidine groups is 1. The third-order valence-corrected chi connectivity index (χ3v) is 5.23. The Kier molecular flexibility index (Phi) is 10.8. The van der Waals surface area contributed by atoms with Gasteiger partial charge < -0.3 is 20.1 Å². The van der Waals surface area contributed by atoms with Crippen molar-refractivity contribution in [3.63, 3.8) is 0 Å². The lowest BCUT2D eigenvalue weighted by molar-refractivity contribution is -0.0149. The van der Waals surface area contributed by atoms with Crippen molar-refractivity contribution in [2.24, 2.45) is 10.4 Å². The zero-order valence-electron chi connectivity index (χ0n) is 18.1. The van der Waals surface area contributed by atoms with Crippen LogP contribution in [0.5, 0.6) is 0 Å². The lowest BCUT2D eigenvalue weighted by atomic mass is 9.67. The number of rotatable bonds is 9. The summed E-state index contributed by atoms with van der Waals surface area (Å²) in [5, 5.41) is 6.94. The smallest absolute Gasteiger partial charge is 0.191 e. The van der Waals surface area contributed by atoms with Gasteiger partial charge in [-0.25, -0.2) is 0 Å². The molecule has 0 radical (unpaired) electrons. The molecule has 0 spiro atoms. The van der Waals surface area contributed by atoms with Crippen LogP contribution in [0.3, 0.4) is 0 Å². The highest BCUT2D eigenvalue weighted by Crippen LogP contribution is 2.43. The summed E-state index contributed by atoms with van der Waals surface area (Å²) >= 11 is 0. The van der Waals surface area contributed by atoms with Gasteiger partial charge in [-0.2, -0.15) is 0 Å². The molecule has 28 heavy (non-hydrogen) atoms. The molecule has 0 bridgehead atoms. The van der Waals surface area contributed by atoms with Gasteiger partial charge in [0, 0.05) is 33.9 Å². The van der Waals surface area contributed by atoms with E-state index in [2.05, 4.69) is 60.7 Å². The van der Waals surface area contributed by atoms with Crippen molar-refractivity contribution >= 4 is 29.9 Å². The van der Waals surface area contributed by atoms with Gasteiger partial charge in [0.25, 0.3) is 0 Å². The lowest BCUT2D eigenvalue weighted by Crippen LogP contribution is -2.46. The molecule has 1 fully saturated rings. The van der Waals surface area contributed by atoms with E-state index in [-0.39, 0.29) is 29.6 Å². The second-order valence-electron chi connectivity index (χ2n) is 8.60. The van der Waals surface area contributed by atoms with Gasteiger partial charge in [-0.3, -0.25) is 4.99 Å². The molecule has 160 valence electrons. The number of ether oxygens (including phenoxy) is 2. The van der Waals surface area contributed by atoms with Crippen LogP contribution in [0, 0.1) is 5.41 Å². The molecule has 0 aromatic heterocycles. The van der Waals surface area contributed by atoms with Crippen LogP contribution in [0.25, 0.3) is 0 Å². The monoisotopic (exact) mass is 503 g/mol. The molecule has 2 rings (SSSR count). The van der Waals surface area contributed by atoms with Crippen LogP contribution in [-0.2, 0) is 22.6 Å². The average Bonchev–Trinajstić information content (AvgIpc) is 2.61. The van der Waals surface area contributed by atoms with E-state index in [1.54, 1.807) is 7.11 Å². The van der Waals surface area contributed by atoms with Crippen LogP contribution in [-0.4, -0.2) is 38.9 Å². The molecule has 0 atom stereocenters. The van der Waals surface area contributed by atoms with Gasteiger partial charge in [-0.15, -0.1) is 24.0 Å². The molecule has 5 nitrogen and oxygen atoms in total. The average molecular weight is 503 g/mol. The first-order valence-corrected chi connectivity index (χ1v) is 10.0. The Morgan fingerprint density at radius 2 is 1.89 bits per heavy atom. The van der Waals surface area contributed by atoms with Crippen molar-refractivity contribution in [3.8, 4) is 0 Å². The normalized spacial score (nSPS) is 16.1. The van der Waals surface area contributed by atoms with Crippen molar-refractivity contribution in [1.29, 1.82) is 0 Å². The quantitative estimate of drug-likeness (QED) is 0.296. The Bertz CT molecular complexity index is 610. The standard InChI is InChI=1S/C22H37N3O2.HI/c1-21(2,3)27-16-19-9-6-8-18(14-19)15-24-20(23-4)25-17-22(10-7-11-22)12-13-26-5;/h6,8-9,14H,7,10-13,15-17H2,1-5H3,(H2,23,24,25);1H. The van der Waals surface area contributed by atoms with E-state index < -0.39 is 0 Å². The van der Waals surface area contributed by atoms with Crippen molar-refractivity contribution in [1.82, 2.24) is 10.6 Å². The second-order valence-corrected chi connectivity index (χ2v) is 8.60. The number of methoxy groups -OCH3 is 1. The second kappa shape index (κ2) is 12.0. The van der Waals surface area contributed by atoms with E-state index in [9.17, 15) is 0 Å². The summed E-state index contributed by atoms with van der Waals surface area (Å²) in [6.45, 7) is 9.40. The van der Waals surface area contributed by atoms with E-state index in [1.165, 1.54) is 30.4 Å². The molecule has 0 unspecified atom stereocenters. The largest absolute Gasteiger partial charge is 0.385 e. The molecule has 0 heterocycles. The SMILES string of the molecule is CN=C(NCc1cccc(COC(C)(C)C)c1)NCC1(CCOC)CCC1.I. The Morgan fingerprint density at radius 1 is 1.18 bits per heavy atom. The van der Waals surface area contributed by atoms with Crippen LogP contribution < -0.4 is 10.6 Å². The Balaban J connectivity index is 0.00000392. The predicted octanol–water partition coefficient (Wildman–Crippen LogP) is 4.49. The minimum atomic E-state index is -0.124. The molecule has 0 saturated heterocycles. The number of halogens is 1. The van der Waals surface area contributed by atoms with Crippen molar-refractivity contribution in [2.45, 2.75) is 65.2 Å². The van der Waals surface area contributed by atoms with Gasteiger partial charge >= 0.3 is 0 Å².